The molecule has 3 aromatic carbocycles. The monoisotopic (exact) mass is 426 g/mol. The quantitative estimate of drug-likeness (QED) is 0.358. The van der Waals surface area contributed by atoms with E-state index in [-0.39, 0.29) is 18.2 Å². The molecule has 0 aliphatic rings. The average molecular weight is 426 g/mol. The molecule has 6 nitrogen and oxygen atoms in total. The predicted molar refractivity (Wildman–Crippen MR) is 122 cm³/mol. The number of nitrogens with zero attached hydrogens (tertiary/aromatic N) is 1. The molecule has 0 bridgehead atoms. The third kappa shape index (κ3) is 4.30. The number of amides is 1. The van der Waals surface area contributed by atoms with E-state index in [0.717, 1.165) is 22.2 Å². The lowest BCUT2D eigenvalue weighted by Crippen LogP contribution is -2.31. The van der Waals surface area contributed by atoms with Crippen LogP contribution in [0.4, 0.5) is 0 Å². The second-order valence-corrected chi connectivity index (χ2v) is 7.30. The molecule has 0 saturated heterocycles. The van der Waals surface area contributed by atoms with Gasteiger partial charge in [0.1, 0.15) is 6.54 Å². The Balaban J connectivity index is 1.49. The molecule has 0 spiro atoms. The van der Waals surface area contributed by atoms with Gasteiger partial charge in [0.05, 0.1) is 11.3 Å². The summed E-state index contributed by atoms with van der Waals surface area (Å²) < 4.78 is 7.15. The second-order valence-electron chi connectivity index (χ2n) is 7.30. The third-order valence-corrected chi connectivity index (χ3v) is 5.23. The van der Waals surface area contributed by atoms with E-state index in [9.17, 15) is 14.4 Å². The van der Waals surface area contributed by atoms with E-state index in [1.54, 1.807) is 30.3 Å². The molecule has 4 aromatic rings. The fraction of sp³-hybridized carbons (Fsp3) is 0.115. The lowest BCUT2D eigenvalue weighted by molar-refractivity contribution is -0.141. The molecular weight excluding hydrogens is 404 g/mol. The molecule has 160 valence electrons. The Bertz CT molecular complexity index is 1280. The Hall–Kier alpha value is -4.19. The lowest BCUT2D eigenvalue weighted by atomic mass is 10.0. The van der Waals surface area contributed by atoms with Crippen LogP contribution in [0.25, 0.3) is 22.2 Å². The van der Waals surface area contributed by atoms with Gasteiger partial charge in [0.25, 0.3) is 5.91 Å². The van der Waals surface area contributed by atoms with E-state index >= 15 is 0 Å². The number of esters is 1. The number of ether oxygens (including phenoxy) is 1. The number of hydrogen-bond acceptors (Lipinski definition) is 4. The molecule has 0 unspecified atom stereocenters. The maximum atomic E-state index is 13.2. The van der Waals surface area contributed by atoms with Gasteiger partial charge >= 0.3 is 5.97 Å². The topological polar surface area (TPSA) is 77.4 Å². The summed E-state index contributed by atoms with van der Waals surface area (Å²) >= 11 is 0. The summed E-state index contributed by atoms with van der Waals surface area (Å²) in [6.45, 7) is -0.726. The van der Waals surface area contributed by atoms with Crippen LogP contribution >= 0.6 is 0 Å². The van der Waals surface area contributed by atoms with Crippen LogP contribution in [-0.4, -0.2) is 35.4 Å². The highest BCUT2D eigenvalue weighted by atomic mass is 16.5. The van der Waals surface area contributed by atoms with Gasteiger partial charge in [-0.2, -0.15) is 0 Å². The standard InChI is InChI=1S/C26H22N2O4/c1-28-21-15-9-8-14-20(21)24(25(28)18-10-4-2-5-11-18)22(29)17-32-23(30)16-27-26(31)19-12-6-3-7-13-19/h2-15H,16-17H2,1H3,(H,27,31). The van der Waals surface area contributed by atoms with Crippen molar-refractivity contribution in [2.24, 2.45) is 7.05 Å². The zero-order valence-corrected chi connectivity index (χ0v) is 17.6. The summed E-state index contributed by atoms with van der Waals surface area (Å²) in [7, 11) is 1.91. The van der Waals surface area contributed by atoms with E-state index in [1.165, 1.54) is 0 Å². The van der Waals surface area contributed by atoms with E-state index in [2.05, 4.69) is 5.32 Å². The SMILES string of the molecule is Cn1c(-c2ccccc2)c(C(=O)COC(=O)CNC(=O)c2ccccc2)c2ccccc21. The first-order chi connectivity index (χ1) is 15.6. The molecule has 1 amide bonds. The first-order valence-corrected chi connectivity index (χ1v) is 10.2. The largest absolute Gasteiger partial charge is 0.456 e. The van der Waals surface area contributed by atoms with Crippen LogP contribution in [0.3, 0.4) is 0 Å². The molecule has 0 radical (unpaired) electrons. The molecule has 1 aromatic heterocycles. The summed E-state index contributed by atoms with van der Waals surface area (Å²) in [4.78, 5) is 37.4. The first kappa shape index (κ1) is 21.1. The van der Waals surface area contributed by atoms with E-state index < -0.39 is 12.6 Å². The Morgan fingerprint density at radius 2 is 1.47 bits per heavy atom. The van der Waals surface area contributed by atoms with Crippen molar-refractivity contribution in [1.82, 2.24) is 9.88 Å². The van der Waals surface area contributed by atoms with Crippen molar-refractivity contribution >= 4 is 28.6 Å². The van der Waals surface area contributed by atoms with Gasteiger partial charge in [-0.3, -0.25) is 14.4 Å². The van der Waals surface area contributed by atoms with Gasteiger partial charge in [0, 0.05) is 23.5 Å². The van der Waals surface area contributed by atoms with Crippen LogP contribution in [0.5, 0.6) is 0 Å². The highest BCUT2D eigenvalue weighted by molar-refractivity contribution is 6.14. The minimum atomic E-state index is -0.677. The van der Waals surface area contributed by atoms with Crippen LogP contribution in [0.2, 0.25) is 0 Å². The molecule has 0 saturated carbocycles. The number of para-hydroxylation sites is 1. The maximum Gasteiger partial charge on any atom is 0.325 e. The minimum absolute atomic E-state index is 0.302. The molecule has 6 heteroatoms. The fourth-order valence-corrected chi connectivity index (χ4v) is 3.72. The predicted octanol–water partition coefficient (Wildman–Crippen LogP) is 4.00. The molecule has 0 atom stereocenters. The van der Waals surface area contributed by atoms with E-state index in [0.29, 0.717) is 11.1 Å². The molecule has 0 aliphatic carbocycles. The van der Waals surface area contributed by atoms with Gasteiger partial charge in [-0.1, -0.05) is 66.7 Å². The number of rotatable bonds is 7. The number of fused-ring (bicyclic) bond motifs is 1. The lowest BCUT2D eigenvalue weighted by Gasteiger charge is -2.09. The smallest absolute Gasteiger partial charge is 0.325 e. The Labute approximate surface area is 185 Å². The van der Waals surface area contributed by atoms with Crippen molar-refractivity contribution in [3.63, 3.8) is 0 Å². The van der Waals surface area contributed by atoms with Gasteiger partial charge in [-0.05, 0) is 23.8 Å². The van der Waals surface area contributed by atoms with Crippen LogP contribution in [0.15, 0.2) is 84.9 Å². The molecule has 1 heterocycles. The Morgan fingerprint density at radius 3 is 2.19 bits per heavy atom. The number of hydrogen-bond donors (Lipinski definition) is 1. The van der Waals surface area contributed by atoms with Crippen molar-refractivity contribution in [2.45, 2.75) is 0 Å². The number of aromatic nitrogens is 1. The van der Waals surface area contributed by atoms with Crippen molar-refractivity contribution in [3.8, 4) is 11.3 Å². The average Bonchev–Trinajstić information content (AvgIpc) is 3.14. The second kappa shape index (κ2) is 9.31. The number of Topliss-reactive ketones (excluding diaryl/α,β-unsaturated/α-hetero) is 1. The van der Waals surface area contributed by atoms with Gasteiger partial charge in [-0.25, -0.2) is 0 Å². The van der Waals surface area contributed by atoms with E-state index in [4.69, 9.17) is 4.74 Å². The van der Waals surface area contributed by atoms with Crippen LogP contribution in [-0.2, 0) is 16.6 Å². The van der Waals surface area contributed by atoms with Crippen molar-refractivity contribution in [2.75, 3.05) is 13.2 Å². The molecule has 0 aliphatic heterocycles. The zero-order chi connectivity index (χ0) is 22.5. The zero-order valence-electron chi connectivity index (χ0n) is 17.6. The summed E-state index contributed by atoms with van der Waals surface area (Å²) in [5, 5.41) is 3.30. The molecule has 32 heavy (non-hydrogen) atoms. The number of aryl methyl sites for hydroxylation is 1. The van der Waals surface area contributed by atoms with Gasteiger partial charge in [0.15, 0.2) is 6.61 Å². The van der Waals surface area contributed by atoms with Crippen molar-refractivity contribution in [1.29, 1.82) is 0 Å². The summed E-state index contributed by atoms with van der Waals surface area (Å²) in [5.41, 5.74) is 3.53. The van der Waals surface area contributed by atoms with Gasteiger partial charge in [0.2, 0.25) is 5.78 Å². The summed E-state index contributed by atoms with van der Waals surface area (Å²) in [6, 6.07) is 25.8. The Kier molecular flexibility index (Phi) is 6.12. The van der Waals surface area contributed by atoms with Crippen LogP contribution in [0.1, 0.15) is 20.7 Å². The number of ketones is 1. The van der Waals surface area contributed by atoms with Crippen molar-refractivity contribution in [3.05, 3.63) is 96.1 Å². The first-order valence-electron chi connectivity index (χ1n) is 10.2. The molecule has 0 fully saturated rings. The highest BCUT2D eigenvalue weighted by Crippen LogP contribution is 2.33. The Morgan fingerprint density at radius 1 is 0.844 bits per heavy atom. The third-order valence-electron chi connectivity index (χ3n) is 5.23. The van der Waals surface area contributed by atoms with E-state index in [1.807, 2.05) is 66.2 Å². The summed E-state index contributed by atoms with van der Waals surface area (Å²) in [6.07, 6.45) is 0. The number of nitrogens with one attached hydrogen (secondary N) is 1. The molecule has 4 rings (SSSR count). The number of carbonyl (C=O) groups is 3. The van der Waals surface area contributed by atoms with Crippen LogP contribution in [0, 0.1) is 0 Å². The van der Waals surface area contributed by atoms with Gasteiger partial charge in [-0.15, -0.1) is 0 Å². The number of benzene rings is 3. The van der Waals surface area contributed by atoms with Crippen molar-refractivity contribution < 1.29 is 19.1 Å². The highest BCUT2D eigenvalue weighted by Gasteiger charge is 2.23. The molecular formula is C26H22N2O4. The molecule has 1 N–H and O–H groups in total. The van der Waals surface area contributed by atoms with Gasteiger partial charge < -0.3 is 14.6 Å². The normalized spacial score (nSPS) is 10.7. The fourth-order valence-electron chi connectivity index (χ4n) is 3.72. The minimum Gasteiger partial charge on any atom is -0.456 e. The number of carbonyl (C=O) groups excluding carboxylic acids is 3. The van der Waals surface area contributed by atoms with Crippen LogP contribution < -0.4 is 5.32 Å². The maximum absolute atomic E-state index is 13.2. The summed E-state index contributed by atoms with van der Waals surface area (Å²) in [5.74, 6) is -1.36.